The fourth-order valence-corrected chi connectivity index (χ4v) is 3.08. The van der Waals surface area contributed by atoms with Crippen LogP contribution in [-0.4, -0.2) is 40.5 Å². The lowest BCUT2D eigenvalue weighted by Crippen LogP contribution is -2.51. The van der Waals surface area contributed by atoms with Crippen LogP contribution in [0.15, 0.2) is 42.5 Å². The molecule has 0 aliphatic carbocycles. The Kier molecular flexibility index (Phi) is 8.24. The molecule has 32 heavy (non-hydrogen) atoms. The predicted molar refractivity (Wildman–Crippen MR) is 122 cm³/mol. The second kappa shape index (κ2) is 10.5. The van der Waals surface area contributed by atoms with Gasteiger partial charge in [0.25, 0.3) is 0 Å². The number of ketones is 1. The lowest BCUT2D eigenvalue weighted by atomic mass is 10.0. The van der Waals surface area contributed by atoms with Crippen molar-refractivity contribution in [2.45, 2.75) is 51.3 Å². The number of ether oxygens (including phenoxy) is 1. The number of nitrogen functional groups attached to an aromatic ring is 1. The number of amides is 1. The van der Waals surface area contributed by atoms with E-state index in [1.807, 2.05) is 0 Å². The highest BCUT2D eigenvalue weighted by atomic mass is 35.5. The van der Waals surface area contributed by atoms with E-state index in [9.17, 15) is 19.5 Å². The molecule has 0 spiro atoms. The highest BCUT2D eigenvalue weighted by Gasteiger charge is 2.29. The molecule has 6 N–H and O–H groups in total. The number of aromatic hydroxyl groups is 1. The Morgan fingerprint density at radius 2 is 1.75 bits per heavy atom. The number of phenols is 1. The van der Waals surface area contributed by atoms with Gasteiger partial charge in [0.2, 0.25) is 5.91 Å². The number of Topliss-reactive ketones (excluding diaryl/α,β-unsaturated/α-hetero) is 1. The Balaban J connectivity index is 2.12. The molecule has 2 aromatic carbocycles. The number of hydrogen-bond acceptors (Lipinski definition) is 7. The van der Waals surface area contributed by atoms with Crippen LogP contribution in [0.2, 0.25) is 5.02 Å². The number of anilines is 1. The van der Waals surface area contributed by atoms with Gasteiger partial charge in [-0.1, -0.05) is 23.7 Å². The third-order valence-electron chi connectivity index (χ3n) is 4.44. The van der Waals surface area contributed by atoms with Crippen LogP contribution in [0, 0.1) is 0 Å². The molecule has 1 unspecified atom stereocenters. The summed E-state index contributed by atoms with van der Waals surface area (Å²) in [5, 5.41) is 12.4. The summed E-state index contributed by atoms with van der Waals surface area (Å²) in [6.45, 7) is 5.14. The SMILES string of the molecule is CC(C)(C)OC(=O)[C@H](Cc1ccc(O)cc1)NC(=O)C(N)CC(=O)c1ccc(Cl)cc1N. The van der Waals surface area contributed by atoms with E-state index in [2.05, 4.69) is 5.32 Å². The maximum Gasteiger partial charge on any atom is 0.329 e. The monoisotopic (exact) mass is 461 g/mol. The maximum atomic E-state index is 12.7. The summed E-state index contributed by atoms with van der Waals surface area (Å²) in [7, 11) is 0. The quantitative estimate of drug-likeness (QED) is 0.268. The van der Waals surface area contributed by atoms with Crippen molar-refractivity contribution in [2.75, 3.05) is 5.73 Å². The number of carbonyl (C=O) groups excluding carboxylic acids is 3. The predicted octanol–water partition coefficient (Wildman–Crippen LogP) is 2.60. The molecule has 0 bridgehead atoms. The Morgan fingerprint density at radius 3 is 2.31 bits per heavy atom. The number of nitrogens with one attached hydrogen (secondary N) is 1. The molecule has 0 aliphatic rings. The van der Waals surface area contributed by atoms with E-state index in [0.717, 1.165) is 0 Å². The number of carbonyl (C=O) groups is 3. The summed E-state index contributed by atoms with van der Waals surface area (Å²) >= 11 is 5.85. The lowest BCUT2D eigenvalue weighted by Gasteiger charge is -2.25. The van der Waals surface area contributed by atoms with E-state index in [1.165, 1.54) is 30.3 Å². The highest BCUT2D eigenvalue weighted by molar-refractivity contribution is 6.31. The highest BCUT2D eigenvalue weighted by Crippen LogP contribution is 2.20. The molecule has 8 nitrogen and oxygen atoms in total. The minimum absolute atomic E-state index is 0.0774. The molecule has 0 aromatic heterocycles. The second-order valence-corrected chi connectivity index (χ2v) is 8.87. The molecule has 0 radical (unpaired) electrons. The molecular weight excluding hydrogens is 434 g/mol. The Hall–Kier alpha value is -3.10. The van der Waals surface area contributed by atoms with Crippen molar-refractivity contribution in [3.05, 3.63) is 58.6 Å². The van der Waals surface area contributed by atoms with Gasteiger partial charge < -0.3 is 26.6 Å². The largest absolute Gasteiger partial charge is 0.508 e. The summed E-state index contributed by atoms with van der Waals surface area (Å²) in [6, 6.07) is 8.41. The zero-order valence-corrected chi connectivity index (χ0v) is 19.0. The maximum absolute atomic E-state index is 12.7. The molecule has 9 heteroatoms. The van der Waals surface area contributed by atoms with Crippen LogP contribution < -0.4 is 16.8 Å². The Morgan fingerprint density at radius 1 is 1.12 bits per heavy atom. The molecule has 0 aliphatic heterocycles. The van der Waals surface area contributed by atoms with Crippen LogP contribution in [0.25, 0.3) is 0 Å². The van der Waals surface area contributed by atoms with Crippen molar-refractivity contribution < 1.29 is 24.2 Å². The molecule has 0 saturated heterocycles. The average molecular weight is 462 g/mol. The van der Waals surface area contributed by atoms with Crippen LogP contribution in [-0.2, 0) is 20.7 Å². The molecule has 2 aromatic rings. The lowest BCUT2D eigenvalue weighted by molar-refractivity contribution is -0.158. The van der Waals surface area contributed by atoms with E-state index < -0.39 is 35.3 Å². The van der Waals surface area contributed by atoms with E-state index in [1.54, 1.807) is 32.9 Å². The van der Waals surface area contributed by atoms with Crippen molar-refractivity contribution in [3.63, 3.8) is 0 Å². The number of hydrogen-bond donors (Lipinski definition) is 4. The fourth-order valence-electron chi connectivity index (χ4n) is 2.90. The third kappa shape index (κ3) is 7.55. The average Bonchev–Trinajstić information content (AvgIpc) is 2.67. The van der Waals surface area contributed by atoms with Gasteiger partial charge in [-0.15, -0.1) is 0 Å². The van der Waals surface area contributed by atoms with Crippen LogP contribution in [0.5, 0.6) is 5.75 Å². The van der Waals surface area contributed by atoms with Gasteiger partial charge in [-0.05, 0) is 56.7 Å². The van der Waals surface area contributed by atoms with Crippen molar-refractivity contribution in [1.29, 1.82) is 0 Å². The number of rotatable bonds is 8. The van der Waals surface area contributed by atoms with Gasteiger partial charge in [-0.3, -0.25) is 9.59 Å². The van der Waals surface area contributed by atoms with Gasteiger partial charge in [-0.25, -0.2) is 4.79 Å². The van der Waals surface area contributed by atoms with Gasteiger partial charge in [0.05, 0.1) is 6.04 Å². The number of esters is 1. The third-order valence-corrected chi connectivity index (χ3v) is 4.68. The van der Waals surface area contributed by atoms with Crippen molar-refractivity contribution >= 4 is 34.9 Å². The normalized spacial score (nSPS) is 13.2. The Labute approximate surface area is 191 Å². The molecule has 172 valence electrons. The van der Waals surface area contributed by atoms with Crippen LogP contribution in [0.3, 0.4) is 0 Å². The van der Waals surface area contributed by atoms with Gasteiger partial charge in [0.1, 0.15) is 17.4 Å². The van der Waals surface area contributed by atoms with Gasteiger partial charge in [0.15, 0.2) is 5.78 Å². The van der Waals surface area contributed by atoms with E-state index in [0.29, 0.717) is 10.6 Å². The van der Waals surface area contributed by atoms with Crippen molar-refractivity contribution in [3.8, 4) is 5.75 Å². The summed E-state index contributed by atoms with van der Waals surface area (Å²) in [6.07, 6.45) is -0.191. The number of halogens is 1. The molecule has 0 fully saturated rings. The standard InChI is InChI=1S/C23H28ClN3O5/c1-23(2,3)32-22(31)19(10-13-4-7-15(28)8-5-13)27-21(30)18(26)12-20(29)16-9-6-14(24)11-17(16)25/h4-9,11,18-19,28H,10,12,25-26H2,1-3H3,(H,27,30)/t18?,19-/m0/s1. The number of phenolic OH excluding ortho intramolecular Hbond substituents is 1. The summed E-state index contributed by atoms with van der Waals surface area (Å²) in [5.74, 6) is -1.66. The zero-order valence-electron chi connectivity index (χ0n) is 18.2. The van der Waals surface area contributed by atoms with Gasteiger partial charge in [0, 0.05) is 29.1 Å². The molecule has 2 rings (SSSR count). The molecule has 1 amide bonds. The Bertz CT molecular complexity index is 986. The smallest absolute Gasteiger partial charge is 0.329 e. The van der Waals surface area contributed by atoms with E-state index in [4.69, 9.17) is 27.8 Å². The summed E-state index contributed by atoms with van der Waals surface area (Å²) in [5.41, 5.74) is 12.1. The first kappa shape index (κ1) is 25.2. The molecule has 2 atom stereocenters. The first-order valence-corrected chi connectivity index (χ1v) is 10.4. The second-order valence-electron chi connectivity index (χ2n) is 8.43. The van der Waals surface area contributed by atoms with E-state index in [-0.39, 0.29) is 29.8 Å². The first-order valence-electron chi connectivity index (χ1n) is 10.0. The van der Waals surface area contributed by atoms with Crippen LogP contribution in [0.1, 0.15) is 43.1 Å². The minimum Gasteiger partial charge on any atom is -0.508 e. The van der Waals surface area contributed by atoms with Gasteiger partial charge >= 0.3 is 5.97 Å². The van der Waals surface area contributed by atoms with Crippen LogP contribution >= 0.6 is 11.6 Å². The summed E-state index contributed by atoms with van der Waals surface area (Å²) in [4.78, 5) is 37.9. The summed E-state index contributed by atoms with van der Waals surface area (Å²) < 4.78 is 5.41. The van der Waals surface area contributed by atoms with Crippen LogP contribution in [0.4, 0.5) is 5.69 Å². The van der Waals surface area contributed by atoms with Crippen molar-refractivity contribution in [1.82, 2.24) is 5.32 Å². The molecule has 0 saturated carbocycles. The minimum atomic E-state index is -1.21. The van der Waals surface area contributed by atoms with Gasteiger partial charge in [-0.2, -0.15) is 0 Å². The number of benzene rings is 2. The van der Waals surface area contributed by atoms with Crippen molar-refractivity contribution in [2.24, 2.45) is 5.73 Å². The van der Waals surface area contributed by atoms with E-state index >= 15 is 0 Å². The first-order chi connectivity index (χ1) is 14.9. The fraction of sp³-hybridized carbons (Fsp3) is 0.348. The molecule has 0 heterocycles. The topological polar surface area (TPSA) is 145 Å². The molecular formula is C23H28ClN3O5. The number of nitrogens with two attached hydrogens (primary N) is 2. The zero-order chi connectivity index (χ0) is 24.1.